The van der Waals surface area contributed by atoms with Gasteiger partial charge in [0.15, 0.2) is 0 Å². The number of halogens is 1. The molecular formula is C11H17IN2O3. The summed E-state index contributed by atoms with van der Waals surface area (Å²) >= 11 is 1.93. The van der Waals surface area contributed by atoms with E-state index < -0.39 is 0 Å². The van der Waals surface area contributed by atoms with Crippen LogP contribution in [0, 0.1) is 9.49 Å². The zero-order chi connectivity index (χ0) is 13.0. The van der Waals surface area contributed by atoms with Crippen molar-refractivity contribution in [2.45, 2.75) is 20.4 Å². The molecular weight excluding hydrogens is 335 g/mol. The zero-order valence-electron chi connectivity index (χ0n) is 10.3. The first-order chi connectivity index (χ1) is 7.93. The number of ether oxygens (including phenoxy) is 1. The van der Waals surface area contributed by atoms with E-state index in [0.29, 0.717) is 29.2 Å². The van der Waals surface area contributed by atoms with Crippen LogP contribution in [0.25, 0.3) is 0 Å². The molecule has 0 aliphatic carbocycles. The fourth-order valence-corrected chi connectivity index (χ4v) is 2.07. The minimum absolute atomic E-state index is 0.248. The van der Waals surface area contributed by atoms with Gasteiger partial charge in [-0.25, -0.2) is 4.79 Å². The van der Waals surface area contributed by atoms with Gasteiger partial charge < -0.3 is 9.30 Å². The zero-order valence-corrected chi connectivity index (χ0v) is 12.4. The van der Waals surface area contributed by atoms with E-state index in [1.807, 2.05) is 22.6 Å². The van der Waals surface area contributed by atoms with Crippen LogP contribution in [0.4, 0.5) is 0 Å². The van der Waals surface area contributed by atoms with Crippen LogP contribution in [-0.4, -0.2) is 22.3 Å². The van der Waals surface area contributed by atoms with Crippen LogP contribution in [0.3, 0.4) is 0 Å². The molecule has 0 fully saturated rings. The van der Waals surface area contributed by atoms with Gasteiger partial charge in [-0.15, -0.1) is 0 Å². The maximum absolute atomic E-state index is 11.8. The van der Waals surface area contributed by atoms with Crippen molar-refractivity contribution < 1.29 is 4.74 Å². The molecule has 0 bridgehead atoms. The minimum Gasteiger partial charge on any atom is -0.379 e. The summed E-state index contributed by atoms with van der Waals surface area (Å²) in [7, 11) is 1.63. The number of rotatable bonds is 5. The molecule has 0 aliphatic heterocycles. The second-order valence-corrected chi connectivity index (χ2v) is 5.46. The van der Waals surface area contributed by atoms with Crippen LogP contribution < -0.4 is 11.2 Å². The van der Waals surface area contributed by atoms with E-state index in [2.05, 4.69) is 13.8 Å². The predicted molar refractivity (Wildman–Crippen MR) is 74.3 cm³/mol. The Morgan fingerprint density at radius 3 is 2.65 bits per heavy atom. The topological polar surface area (TPSA) is 53.2 Å². The largest absolute Gasteiger partial charge is 0.379 e. The van der Waals surface area contributed by atoms with E-state index in [-0.39, 0.29) is 11.2 Å². The van der Waals surface area contributed by atoms with Crippen molar-refractivity contribution >= 4 is 22.6 Å². The molecule has 1 aromatic rings. The standard InChI is InChI=1S/C11H17IN2O3/c1-8(2)7-17-5-4-14-10(15)9(12)6-13(3)11(14)16/h6,8H,4-5,7H2,1-3H3. The number of hydrogen-bond acceptors (Lipinski definition) is 3. The molecule has 0 unspecified atom stereocenters. The van der Waals surface area contributed by atoms with E-state index in [1.54, 1.807) is 7.05 Å². The van der Waals surface area contributed by atoms with Gasteiger partial charge in [0.05, 0.1) is 16.7 Å². The average molecular weight is 352 g/mol. The van der Waals surface area contributed by atoms with Crippen molar-refractivity contribution in [3.63, 3.8) is 0 Å². The highest BCUT2D eigenvalue weighted by Crippen LogP contribution is 1.94. The molecule has 17 heavy (non-hydrogen) atoms. The van der Waals surface area contributed by atoms with Crippen molar-refractivity contribution in [1.82, 2.24) is 9.13 Å². The maximum Gasteiger partial charge on any atom is 0.330 e. The van der Waals surface area contributed by atoms with Crippen LogP contribution in [0.1, 0.15) is 13.8 Å². The van der Waals surface area contributed by atoms with Crippen LogP contribution in [0.2, 0.25) is 0 Å². The molecule has 96 valence electrons. The van der Waals surface area contributed by atoms with E-state index in [4.69, 9.17) is 4.74 Å². The van der Waals surface area contributed by atoms with E-state index in [0.717, 1.165) is 0 Å². The van der Waals surface area contributed by atoms with Gasteiger partial charge in [-0.1, -0.05) is 13.8 Å². The Bertz CT molecular complexity index is 456. The quantitative estimate of drug-likeness (QED) is 0.583. The van der Waals surface area contributed by atoms with Crippen molar-refractivity contribution in [1.29, 1.82) is 0 Å². The summed E-state index contributed by atoms with van der Waals surface area (Å²) in [6.07, 6.45) is 1.54. The van der Waals surface area contributed by atoms with Crippen LogP contribution in [-0.2, 0) is 18.3 Å². The van der Waals surface area contributed by atoms with Crippen molar-refractivity contribution in [3.05, 3.63) is 30.6 Å². The van der Waals surface area contributed by atoms with Crippen LogP contribution in [0.15, 0.2) is 15.8 Å². The van der Waals surface area contributed by atoms with Gasteiger partial charge in [-0.05, 0) is 28.5 Å². The third-order valence-corrected chi connectivity index (χ3v) is 2.94. The van der Waals surface area contributed by atoms with E-state index in [1.165, 1.54) is 15.3 Å². The van der Waals surface area contributed by atoms with Crippen molar-refractivity contribution in [2.75, 3.05) is 13.2 Å². The fourth-order valence-electron chi connectivity index (χ4n) is 1.36. The first-order valence-electron chi connectivity index (χ1n) is 5.47. The van der Waals surface area contributed by atoms with Gasteiger partial charge in [0.25, 0.3) is 5.56 Å². The van der Waals surface area contributed by atoms with E-state index >= 15 is 0 Å². The molecule has 0 N–H and O–H groups in total. The maximum atomic E-state index is 11.8. The molecule has 0 amide bonds. The third-order valence-electron chi connectivity index (χ3n) is 2.20. The number of aryl methyl sites for hydroxylation is 1. The first kappa shape index (κ1) is 14.4. The predicted octanol–water partition coefficient (Wildman–Crippen LogP) is 0.824. The molecule has 0 saturated carbocycles. The lowest BCUT2D eigenvalue weighted by Crippen LogP contribution is -2.40. The monoisotopic (exact) mass is 352 g/mol. The summed E-state index contributed by atoms with van der Waals surface area (Å²) < 4.78 is 8.53. The summed E-state index contributed by atoms with van der Waals surface area (Å²) in [5.74, 6) is 0.450. The van der Waals surface area contributed by atoms with Gasteiger partial charge in [0.1, 0.15) is 0 Å². The van der Waals surface area contributed by atoms with E-state index in [9.17, 15) is 9.59 Å². The van der Waals surface area contributed by atoms with Crippen LogP contribution in [0.5, 0.6) is 0 Å². The lowest BCUT2D eigenvalue weighted by atomic mass is 10.2. The highest BCUT2D eigenvalue weighted by Gasteiger charge is 2.07. The lowest BCUT2D eigenvalue weighted by molar-refractivity contribution is 0.101. The Morgan fingerprint density at radius 2 is 2.06 bits per heavy atom. The summed E-state index contributed by atoms with van der Waals surface area (Å²) in [6, 6.07) is 0. The highest BCUT2D eigenvalue weighted by molar-refractivity contribution is 14.1. The molecule has 1 aromatic heterocycles. The Labute approximate surface area is 114 Å². The molecule has 0 saturated heterocycles. The summed E-state index contributed by atoms with van der Waals surface area (Å²) in [5, 5.41) is 0. The van der Waals surface area contributed by atoms with Crippen LogP contribution >= 0.6 is 22.6 Å². The molecule has 0 aliphatic rings. The molecule has 5 nitrogen and oxygen atoms in total. The van der Waals surface area contributed by atoms with Gasteiger partial charge in [0, 0.05) is 19.9 Å². The molecule has 1 rings (SSSR count). The SMILES string of the molecule is CC(C)COCCn1c(=O)c(I)cn(C)c1=O. The van der Waals surface area contributed by atoms with Crippen molar-refractivity contribution in [2.24, 2.45) is 13.0 Å². The Balaban J connectivity index is 2.78. The Morgan fingerprint density at radius 1 is 1.41 bits per heavy atom. The van der Waals surface area contributed by atoms with Gasteiger partial charge >= 0.3 is 5.69 Å². The smallest absolute Gasteiger partial charge is 0.330 e. The molecule has 1 heterocycles. The van der Waals surface area contributed by atoms with Gasteiger partial charge in [-0.3, -0.25) is 9.36 Å². The average Bonchev–Trinajstić information content (AvgIpc) is 2.25. The second kappa shape index (κ2) is 6.34. The number of nitrogens with zero attached hydrogens (tertiary/aromatic N) is 2. The van der Waals surface area contributed by atoms with Gasteiger partial charge in [-0.2, -0.15) is 0 Å². The minimum atomic E-state index is -0.302. The molecule has 6 heteroatoms. The number of hydrogen-bond donors (Lipinski definition) is 0. The van der Waals surface area contributed by atoms with Crippen molar-refractivity contribution in [3.8, 4) is 0 Å². The van der Waals surface area contributed by atoms with Gasteiger partial charge in [0.2, 0.25) is 0 Å². The summed E-state index contributed by atoms with van der Waals surface area (Å²) in [4.78, 5) is 23.5. The normalized spacial score (nSPS) is 11.1. The molecule has 0 atom stereocenters. The summed E-state index contributed by atoms with van der Waals surface area (Å²) in [5.41, 5.74) is -0.551. The first-order valence-corrected chi connectivity index (χ1v) is 6.55. The second-order valence-electron chi connectivity index (χ2n) is 4.30. The Hall–Kier alpha value is -0.630. The Kier molecular flexibility index (Phi) is 5.38. The number of aromatic nitrogens is 2. The third kappa shape index (κ3) is 3.95. The summed E-state index contributed by atoms with van der Waals surface area (Å²) in [6.45, 7) is 5.43. The molecule has 0 radical (unpaired) electrons. The fraction of sp³-hybridized carbons (Fsp3) is 0.636. The molecule has 0 aromatic carbocycles. The molecule has 0 spiro atoms. The lowest BCUT2D eigenvalue weighted by Gasteiger charge is -2.09. The highest BCUT2D eigenvalue weighted by atomic mass is 127.